The minimum absolute atomic E-state index is 0.147. The molecule has 1 aromatic rings. The van der Waals surface area contributed by atoms with Crippen LogP contribution in [0.5, 0.6) is 0 Å². The molecule has 1 saturated carbocycles. The maximum atomic E-state index is 12.4. The summed E-state index contributed by atoms with van der Waals surface area (Å²) in [6.45, 7) is 4.81. The van der Waals surface area contributed by atoms with Crippen molar-refractivity contribution < 1.29 is 9.59 Å². The summed E-state index contributed by atoms with van der Waals surface area (Å²) >= 11 is 0. The van der Waals surface area contributed by atoms with Gasteiger partial charge in [0.15, 0.2) is 0 Å². The van der Waals surface area contributed by atoms with E-state index in [1.165, 1.54) is 0 Å². The summed E-state index contributed by atoms with van der Waals surface area (Å²) in [5, 5.41) is 2.92. The number of benzene rings is 1. The Morgan fingerprint density at radius 3 is 2.79 bits per heavy atom. The number of nitrogens with two attached hydrogens (primary N) is 1. The van der Waals surface area contributed by atoms with Gasteiger partial charge >= 0.3 is 0 Å². The highest BCUT2D eigenvalue weighted by Gasteiger charge is 2.35. The molecule has 24 heavy (non-hydrogen) atoms. The number of fused-ring (bicyclic) bond motifs is 1. The zero-order valence-corrected chi connectivity index (χ0v) is 14.5. The molecule has 1 fully saturated rings. The second-order valence-electron chi connectivity index (χ2n) is 7.11. The van der Waals surface area contributed by atoms with Crippen molar-refractivity contribution in [1.29, 1.82) is 0 Å². The molecule has 3 N–H and O–H groups in total. The van der Waals surface area contributed by atoms with Gasteiger partial charge in [-0.25, -0.2) is 0 Å². The number of rotatable bonds is 5. The van der Waals surface area contributed by atoms with Gasteiger partial charge in [-0.1, -0.05) is 20.3 Å². The number of aryl methyl sites for hydroxylation is 1. The van der Waals surface area contributed by atoms with Crippen LogP contribution in [0.25, 0.3) is 0 Å². The van der Waals surface area contributed by atoms with E-state index in [-0.39, 0.29) is 23.7 Å². The van der Waals surface area contributed by atoms with Crippen molar-refractivity contribution in [2.24, 2.45) is 17.6 Å². The van der Waals surface area contributed by atoms with Crippen molar-refractivity contribution in [2.75, 3.05) is 16.8 Å². The van der Waals surface area contributed by atoms with Gasteiger partial charge in [0.2, 0.25) is 11.8 Å². The van der Waals surface area contributed by atoms with Gasteiger partial charge in [0.25, 0.3) is 0 Å². The van der Waals surface area contributed by atoms with Crippen molar-refractivity contribution >= 4 is 23.2 Å². The molecule has 0 spiro atoms. The first-order valence-electron chi connectivity index (χ1n) is 9.02. The fourth-order valence-electron chi connectivity index (χ4n) is 3.19. The Bertz CT molecular complexity index is 639. The van der Waals surface area contributed by atoms with Crippen LogP contribution in [0, 0.1) is 11.8 Å². The highest BCUT2D eigenvalue weighted by Crippen LogP contribution is 2.36. The first-order chi connectivity index (χ1) is 11.5. The van der Waals surface area contributed by atoms with Crippen molar-refractivity contribution in [2.45, 2.75) is 52.0 Å². The molecular weight excluding hydrogens is 302 g/mol. The molecule has 1 aliphatic heterocycles. The second-order valence-corrected chi connectivity index (χ2v) is 7.11. The second kappa shape index (κ2) is 6.93. The fraction of sp³-hybridized carbons (Fsp3) is 0.579. The number of nitrogens with zero attached hydrogens (tertiary/aromatic N) is 1. The molecule has 1 heterocycles. The molecular formula is C19H27N3O2. The average Bonchev–Trinajstić information content (AvgIpc) is 3.44. The van der Waals surface area contributed by atoms with E-state index < -0.39 is 6.04 Å². The topological polar surface area (TPSA) is 75.4 Å². The molecule has 1 unspecified atom stereocenters. The Morgan fingerprint density at radius 2 is 2.12 bits per heavy atom. The number of anilines is 2. The van der Waals surface area contributed by atoms with E-state index in [0.717, 1.165) is 55.6 Å². The van der Waals surface area contributed by atoms with Gasteiger partial charge in [0, 0.05) is 23.8 Å². The molecule has 0 aromatic heterocycles. The minimum atomic E-state index is -0.501. The average molecular weight is 329 g/mol. The molecule has 1 aromatic carbocycles. The summed E-state index contributed by atoms with van der Waals surface area (Å²) in [6, 6.07) is 5.32. The number of amides is 2. The zero-order chi connectivity index (χ0) is 17.3. The Hall–Kier alpha value is -1.88. The third-order valence-electron chi connectivity index (χ3n) is 5.22. The number of hydrogen-bond donors (Lipinski definition) is 2. The van der Waals surface area contributed by atoms with Gasteiger partial charge in [0.1, 0.15) is 0 Å². The van der Waals surface area contributed by atoms with Crippen molar-refractivity contribution in [3.63, 3.8) is 0 Å². The van der Waals surface area contributed by atoms with Crippen LogP contribution in [0.3, 0.4) is 0 Å². The maximum absolute atomic E-state index is 12.4. The number of carbonyl (C=O) groups is 2. The first-order valence-corrected chi connectivity index (χ1v) is 9.02. The lowest BCUT2D eigenvalue weighted by molar-refractivity contribution is -0.120. The molecule has 0 saturated heterocycles. The highest BCUT2D eigenvalue weighted by atomic mass is 16.2. The summed E-state index contributed by atoms with van der Waals surface area (Å²) in [4.78, 5) is 26.6. The van der Waals surface area contributed by atoms with Gasteiger partial charge in [-0.15, -0.1) is 0 Å². The smallest absolute Gasteiger partial charge is 0.241 e. The molecule has 1 aliphatic carbocycles. The lowest BCUT2D eigenvalue weighted by Gasteiger charge is -2.30. The molecule has 0 radical (unpaired) electrons. The van der Waals surface area contributed by atoms with Crippen LogP contribution in [-0.4, -0.2) is 24.4 Å². The standard InChI is InChI=1S/C19H27N3O2/c1-3-12(2)17(20)18(23)21-15-8-9-16-14(11-15)5-4-10-22(16)19(24)13-6-7-13/h8-9,11-13,17H,3-7,10,20H2,1-2H3,(H,21,23)/t12?,17-/m0/s1. The number of hydrogen-bond acceptors (Lipinski definition) is 3. The molecule has 130 valence electrons. The quantitative estimate of drug-likeness (QED) is 0.872. The van der Waals surface area contributed by atoms with Crippen LogP contribution >= 0.6 is 0 Å². The molecule has 0 bridgehead atoms. The van der Waals surface area contributed by atoms with E-state index in [9.17, 15) is 9.59 Å². The van der Waals surface area contributed by atoms with E-state index in [2.05, 4.69) is 5.32 Å². The van der Waals surface area contributed by atoms with E-state index in [1.807, 2.05) is 36.9 Å². The Labute approximate surface area is 143 Å². The van der Waals surface area contributed by atoms with Crippen molar-refractivity contribution in [3.8, 4) is 0 Å². The van der Waals surface area contributed by atoms with E-state index in [0.29, 0.717) is 0 Å². The molecule has 5 heteroatoms. The number of carbonyl (C=O) groups excluding carboxylic acids is 2. The van der Waals surface area contributed by atoms with Gasteiger partial charge in [-0.05, 0) is 55.4 Å². The summed E-state index contributed by atoms with van der Waals surface area (Å²) in [5.74, 6) is 0.482. The summed E-state index contributed by atoms with van der Waals surface area (Å²) < 4.78 is 0. The SMILES string of the molecule is CCC(C)[C@H](N)C(=O)Nc1ccc2c(c1)CCCN2C(=O)C1CC1. The van der Waals surface area contributed by atoms with Crippen LogP contribution in [0.1, 0.15) is 45.1 Å². The number of nitrogens with one attached hydrogen (secondary N) is 1. The molecule has 2 atom stereocenters. The van der Waals surface area contributed by atoms with Crippen LogP contribution in [-0.2, 0) is 16.0 Å². The Kier molecular flexibility index (Phi) is 4.90. The Morgan fingerprint density at radius 1 is 1.38 bits per heavy atom. The minimum Gasteiger partial charge on any atom is -0.325 e. The monoisotopic (exact) mass is 329 g/mol. The third kappa shape index (κ3) is 3.46. The Balaban J connectivity index is 1.74. The zero-order valence-electron chi connectivity index (χ0n) is 14.5. The predicted octanol–water partition coefficient (Wildman–Crippen LogP) is 2.69. The van der Waals surface area contributed by atoms with Crippen LogP contribution < -0.4 is 16.0 Å². The molecule has 2 aliphatic rings. The fourth-order valence-corrected chi connectivity index (χ4v) is 3.19. The summed E-state index contributed by atoms with van der Waals surface area (Å²) in [5.41, 5.74) is 8.89. The van der Waals surface area contributed by atoms with E-state index in [4.69, 9.17) is 5.73 Å². The first kappa shape index (κ1) is 17.0. The van der Waals surface area contributed by atoms with E-state index in [1.54, 1.807) is 0 Å². The van der Waals surface area contributed by atoms with Gasteiger partial charge in [0.05, 0.1) is 6.04 Å². The third-order valence-corrected chi connectivity index (χ3v) is 5.22. The lowest BCUT2D eigenvalue weighted by Crippen LogP contribution is -2.40. The molecule has 3 rings (SSSR count). The highest BCUT2D eigenvalue weighted by molar-refractivity contribution is 5.99. The van der Waals surface area contributed by atoms with Gasteiger partial charge in [-0.3, -0.25) is 9.59 Å². The van der Waals surface area contributed by atoms with Crippen LogP contribution in [0.4, 0.5) is 11.4 Å². The largest absolute Gasteiger partial charge is 0.325 e. The lowest BCUT2D eigenvalue weighted by atomic mass is 9.98. The van der Waals surface area contributed by atoms with Crippen LogP contribution in [0.2, 0.25) is 0 Å². The molecule has 5 nitrogen and oxygen atoms in total. The normalized spacial score (nSPS) is 19.4. The summed E-state index contributed by atoms with van der Waals surface area (Å²) in [6.07, 6.45) is 4.82. The van der Waals surface area contributed by atoms with Crippen molar-refractivity contribution in [3.05, 3.63) is 23.8 Å². The maximum Gasteiger partial charge on any atom is 0.241 e. The summed E-state index contributed by atoms with van der Waals surface area (Å²) in [7, 11) is 0. The van der Waals surface area contributed by atoms with E-state index >= 15 is 0 Å². The van der Waals surface area contributed by atoms with Gasteiger partial charge < -0.3 is 16.0 Å². The van der Waals surface area contributed by atoms with Gasteiger partial charge in [-0.2, -0.15) is 0 Å². The van der Waals surface area contributed by atoms with Crippen LogP contribution in [0.15, 0.2) is 18.2 Å². The van der Waals surface area contributed by atoms with Crippen molar-refractivity contribution in [1.82, 2.24) is 0 Å². The molecule has 2 amide bonds. The predicted molar refractivity (Wildman–Crippen MR) is 95.9 cm³/mol.